The first-order valence-electron chi connectivity index (χ1n) is 4.59. The highest BCUT2D eigenvalue weighted by molar-refractivity contribution is 8.03. The molecule has 0 saturated heterocycles. The summed E-state index contributed by atoms with van der Waals surface area (Å²) < 4.78 is 0.975. The third-order valence-electron chi connectivity index (χ3n) is 1.52. The number of aliphatic carboxylic acids is 1. The molecule has 0 radical (unpaired) electrons. The Labute approximate surface area is 102 Å². The van der Waals surface area contributed by atoms with Gasteiger partial charge in [-0.15, -0.1) is 11.3 Å². The lowest BCUT2D eigenvalue weighted by Crippen LogP contribution is -1.99. The summed E-state index contributed by atoms with van der Waals surface area (Å²) in [6, 6.07) is 0. The van der Waals surface area contributed by atoms with Crippen LogP contribution < -0.4 is 0 Å². The predicted molar refractivity (Wildman–Crippen MR) is 67.2 cm³/mol. The Morgan fingerprint density at radius 3 is 3.07 bits per heavy atom. The van der Waals surface area contributed by atoms with E-state index in [0.29, 0.717) is 5.69 Å². The van der Waals surface area contributed by atoms with Gasteiger partial charge in [0.15, 0.2) is 0 Å². The molecule has 0 aliphatic heterocycles. The Kier molecular flexibility index (Phi) is 6.12. The number of carboxylic acids is 1. The van der Waals surface area contributed by atoms with Crippen LogP contribution in [0.25, 0.3) is 0 Å². The Balaban J connectivity index is 2.29. The molecule has 15 heavy (non-hydrogen) atoms. The first-order valence-corrected chi connectivity index (χ1v) is 7.61. The maximum atomic E-state index is 10.4. The summed E-state index contributed by atoms with van der Waals surface area (Å²) >= 11 is 5.14. The maximum Gasteiger partial charge on any atom is 0.309 e. The van der Waals surface area contributed by atoms with Crippen LogP contribution in [-0.4, -0.2) is 33.3 Å². The Morgan fingerprint density at radius 1 is 1.60 bits per heavy atom. The summed E-state index contributed by atoms with van der Waals surface area (Å²) in [6.45, 7) is 2.14. The van der Waals surface area contributed by atoms with Crippen LogP contribution in [0.2, 0.25) is 0 Å². The van der Waals surface area contributed by atoms with E-state index in [1.54, 1.807) is 11.8 Å². The maximum absolute atomic E-state index is 10.4. The minimum absolute atomic E-state index is 0.0285. The van der Waals surface area contributed by atoms with Gasteiger partial charge in [-0.05, 0) is 5.75 Å². The fourth-order valence-corrected chi connectivity index (χ4v) is 3.58. The number of carboxylic acid groups (broad SMARTS) is 1. The average molecular weight is 263 g/mol. The number of hydrogen-bond acceptors (Lipinski definition) is 5. The van der Waals surface area contributed by atoms with E-state index in [1.165, 1.54) is 11.3 Å². The number of thioether (sulfide) groups is 2. The van der Waals surface area contributed by atoms with E-state index in [-0.39, 0.29) is 6.42 Å². The molecule has 1 N–H and O–H groups in total. The standard InChI is InChI=1S/C9H13NO2S3/c1-2-13-3-4-14-9-10-7(6-15-9)5-8(11)12/h6H,2-5H2,1H3,(H,11,12). The van der Waals surface area contributed by atoms with E-state index in [9.17, 15) is 4.79 Å². The van der Waals surface area contributed by atoms with Crippen LogP contribution in [-0.2, 0) is 11.2 Å². The van der Waals surface area contributed by atoms with Crippen LogP contribution in [0, 0.1) is 0 Å². The highest BCUT2D eigenvalue weighted by Crippen LogP contribution is 2.23. The molecule has 1 aromatic rings. The molecule has 1 heterocycles. The molecule has 0 fully saturated rings. The Hall–Kier alpha value is -0.200. The number of nitrogens with zero attached hydrogens (tertiary/aromatic N) is 1. The summed E-state index contributed by atoms with van der Waals surface area (Å²) in [5.74, 6) is 2.48. The van der Waals surface area contributed by atoms with Crippen molar-refractivity contribution >= 4 is 40.8 Å². The molecule has 0 aromatic carbocycles. The minimum atomic E-state index is -0.821. The third kappa shape index (κ3) is 5.44. The van der Waals surface area contributed by atoms with Gasteiger partial charge >= 0.3 is 5.97 Å². The smallest absolute Gasteiger partial charge is 0.309 e. The second kappa shape index (κ2) is 7.14. The van der Waals surface area contributed by atoms with E-state index in [2.05, 4.69) is 11.9 Å². The van der Waals surface area contributed by atoms with Gasteiger partial charge in [-0.1, -0.05) is 18.7 Å². The minimum Gasteiger partial charge on any atom is -0.481 e. The Bertz CT molecular complexity index is 314. The lowest BCUT2D eigenvalue weighted by atomic mass is 10.3. The highest BCUT2D eigenvalue weighted by Gasteiger charge is 2.06. The van der Waals surface area contributed by atoms with Crippen LogP contribution in [0.15, 0.2) is 9.72 Å². The largest absolute Gasteiger partial charge is 0.481 e. The zero-order chi connectivity index (χ0) is 11.1. The molecule has 0 unspecified atom stereocenters. The van der Waals surface area contributed by atoms with Crippen molar-refractivity contribution < 1.29 is 9.90 Å². The van der Waals surface area contributed by atoms with Gasteiger partial charge in [-0.2, -0.15) is 11.8 Å². The number of thiazole rings is 1. The fraction of sp³-hybridized carbons (Fsp3) is 0.556. The monoisotopic (exact) mass is 263 g/mol. The van der Waals surface area contributed by atoms with Gasteiger partial charge in [-0.3, -0.25) is 4.79 Å². The van der Waals surface area contributed by atoms with Crippen LogP contribution in [0.1, 0.15) is 12.6 Å². The van der Waals surface area contributed by atoms with Crippen molar-refractivity contribution in [1.29, 1.82) is 0 Å². The highest BCUT2D eigenvalue weighted by atomic mass is 32.2. The average Bonchev–Trinajstić information content (AvgIpc) is 2.59. The van der Waals surface area contributed by atoms with Gasteiger partial charge in [0.05, 0.1) is 12.1 Å². The molecule has 0 saturated carbocycles. The molecular weight excluding hydrogens is 250 g/mol. The second-order valence-corrected chi connectivity index (χ2v) is 6.31. The molecular formula is C9H13NO2S3. The van der Waals surface area contributed by atoms with Crippen LogP contribution in [0.4, 0.5) is 0 Å². The molecule has 84 valence electrons. The lowest BCUT2D eigenvalue weighted by molar-refractivity contribution is -0.136. The van der Waals surface area contributed by atoms with Crippen molar-refractivity contribution in [2.24, 2.45) is 0 Å². The molecule has 6 heteroatoms. The van der Waals surface area contributed by atoms with Gasteiger partial charge in [0, 0.05) is 16.9 Å². The second-order valence-electron chi connectivity index (χ2n) is 2.72. The van der Waals surface area contributed by atoms with Gasteiger partial charge < -0.3 is 5.11 Å². The van der Waals surface area contributed by atoms with Crippen molar-refractivity contribution in [2.45, 2.75) is 17.7 Å². The van der Waals surface area contributed by atoms with E-state index in [4.69, 9.17) is 5.11 Å². The van der Waals surface area contributed by atoms with Crippen molar-refractivity contribution in [3.05, 3.63) is 11.1 Å². The number of hydrogen-bond donors (Lipinski definition) is 1. The van der Waals surface area contributed by atoms with E-state index in [0.717, 1.165) is 21.6 Å². The fourth-order valence-electron chi connectivity index (χ4n) is 0.923. The third-order valence-corrected chi connectivity index (χ3v) is 4.75. The SMILES string of the molecule is CCSCCSc1nc(CC(=O)O)cs1. The normalized spacial score (nSPS) is 10.5. The molecule has 0 atom stereocenters. The molecule has 3 nitrogen and oxygen atoms in total. The zero-order valence-corrected chi connectivity index (χ0v) is 10.9. The van der Waals surface area contributed by atoms with Gasteiger partial charge in [0.1, 0.15) is 4.34 Å². The number of aromatic nitrogens is 1. The van der Waals surface area contributed by atoms with Crippen molar-refractivity contribution in [3.63, 3.8) is 0 Å². The summed E-state index contributed by atoms with van der Waals surface area (Å²) in [7, 11) is 0. The van der Waals surface area contributed by atoms with Gasteiger partial charge in [0.2, 0.25) is 0 Å². The van der Waals surface area contributed by atoms with Crippen molar-refractivity contribution in [2.75, 3.05) is 17.3 Å². The van der Waals surface area contributed by atoms with Gasteiger partial charge in [-0.25, -0.2) is 4.98 Å². The molecule has 0 aliphatic rings. The quantitative estimate of drug-likeness (QED) is 0.605. The van der Waals surface area contributed by atoms with Gasteiger partial charge in [0.25, 0.3) is 0 Å². The summed E-state index contributed by atoms with van der Waals surface area (Å²) in [4.78, 5) is 14.7. The van der Waals surface area contributed by atoms with Crippen LogP contribution in [0.3, 0.4) is 0 Å². The van der Waals surface area contributed by atoms with E-state index < -0.39 is 5.97 Å². The zero-order valence-electron chi connectivity index (χ0n) is 8.43. The summed E-state index contributed by atoms with van der Waals surface area (Å²) in [5.41, 5.74) is 0.665. The van der Waals surface area contributed by atoms with E-state index >= 15 is 0 Å². The lowest BCUT2D eigenvalue weighted by Gasteiger charge is -1.95. The van der Waals surface area contributed by atoms with Crippen LogP contribution in [0.5, 0.6) is 0 Å². The first kappa shape index (κ1) is 12.9. The molecule has 1 aromatic heterocycles. The summed E-state index contributed by atoms with van der Waals surface area (Å²) in [6.07, 6.45) is 0.0285. The molecule has 0 amide bonds. The number of carbonyl (C=O) groups is 1. The topological polar surface area (TPSA) is 50.2 Å². The number of rotatable bonds is 7. The molecule has 0 aliphatic carbocycles. The molecule has 0 spiro atoms. The summed E-state index contributed by atoms with van der Waals surface area (Å²) in [5, 5.41) is 10.4. The van der Waals surface area contributed by atoms with Crippen molar-refractivity contribution in [1.82, 2.24) is 4.98 Å². The van der Waals surface area contributed by atoms with Crippen LogP contribution >= 0.6 is 34.9 Å². The van der Waals surface area contributed by atoms with Crippen molar-refractivity contribution in [3.8, 4) is 0 Å². The Morgan fingerprint density at radius 2 is 2.40 bits per heavy atom. The molecule has 1 rings (SSSR count). The van der Waals surface area contributed by atoms with E-state index in [1.807, 2.05) is 17.1 Å². The molecule has 0 bridgehead atoms. The first-order chi connectivity index (χ1) is 7.22. The predicted octanol–water partition coefficient (Wildman–Crippen LogP) is 2.62.